The van der Waals surface area contributed by atoms with E-state index in [0.717, 1.165) is 13.0 Å². The molecule has 0 radical (unpaired) electrons. The minimum atomic E-state index is 0.361. The van der Waals surface area contributed by atoms with Crippen LogP contribution in [0.15, 0.2) is 53.0 Å². The summed E-state index contributed by atoms with van der Waals surface area (Å²) in [5, 5.41) is 3.58. The Bertz CT molecular complexity index is 536. The molecule has 2 heteroatoms. The van der Waals surface area contributed by atoms with Crippen molar-refractivity contribution in [1.82, 2.24) is 5.32 Å². The highest BCUT2D eigenvalue weighted by Gasteiger charge is 2.07. The molecule has 0 amide bonds. The van der Waals surface area contributed by atoms with E-state index in [4.69, 9.17) is 0 Å². The molecule has 100 valence electrons. The van der Waals surface area contributed by atoms with E-state index in [9.17, 15) is 0 Å². The number of benzene rings is 2. The van der Waals surface area contributed by atoms with Crippen LogP contribution in [0.25, 0.3) is 0 Å². The predicted molar refractivity (Wildman–Crippen MR) is 85.4 cm³/mol. The Morgan fingerprint density at radius 2 is 1.89 bits per heavy atom. The van der Waals surface area contributed by atoms with Gasteiger partial charge in [-0.15, -0.1) is 0 Å². The molecule has 0 spiro atoms. The van der Waals surface area contributed by atoms with Crippen LogP contribution in [-0.4, -0.2) is 6.54 Å². The Morgan fingerprint density at radius 3 is 2.63 bits per heavy atom. The highest BCUT2D eigenvalue weighted by molar-refractivity contribution is 9.10. The van der Waals surface area contributed by atoms with E-state index < -0.39 is 0 Å². The van der Waals surface area contributed by atoms with Crippen molar-refractivity contribution in [1.29, 1.82) is 0 Å². The highest BCUT2D eigenvalue weighted by Crippen LogP contribution is 2.22. The first-order valence-corrected chi connectivity index (χ1v) is 7.49. The van der Waals surface area contributed by atoms with Crippen LogP contribution in [0.4, 0.5) is 0 Å². The van der Waals surface area contributed by atoms with Crippen molar-refractivity contribution >= 4 is 15.9 Å². The smallest absolute Gasteiger partial charge is 0.0303 e. The third-order valence-corrected chi connectivity index (χ3v) is 4.04. The SMILES string of the molecule is Cc1cccc(CCNC(C)c2ccccc2Br)c1. The second-order valence-corrected chi connectivity index (χ2v) is 5.79. The van der Waals surface area contributed by atoms with Crippen LogP contribution < -0.4 is 5.32 Å². The first-order valence-electron chi connectivity index (χ1n) is 6.70. The quantitative estimate of drug-likeness (QED) is 0.846. The van der Waals surface area contributed by atoms with Crippen LogP contribution in [-0.2, 0) is 6.42 Å². The zero-order chi connectivity index (χ0) is 13.7. The summed E-state index contributed by atoms with van der Waals surface area (Å²) in [6.45, 7) is 5.34. The Morgan fingerprint density at radius 1 is 1.11 bits per heavy atom. The molecule has 0 aliphatic carbocycles. The number of aryl methyl sites for hydroxylation is 1. The Kier molecular flexibility index (Phi) is 5.17. The summed E-state index contributed by atoms with van der Waals surface area (Å²) in [5.41, 5.74) is 4.04. The van der Waals surface area contributed by atoms with E-state index >= 15 is 0 Å². The van der Waals surface area contributed by atoms with Gasteiger partial charge in [0.15, 0.2) is 0 Å². The van der Waals surface area contributed by atoms with Crippen LogP contribution in [0.2, 0.25) is 0 Å². The molecule has 0 heterocycles. The average molecular weight is 318 g/mol. The standard InChI is InChI=1S/C17H20BrN/c1-13-6-5-7-15(12-13)10-11-19-14(2)16-8-3-4-9-17(16)18/h3-9,12,14,19H,10-11H2,1-2H3. The molecule has 0 aliphatic heterocycles. The van der Waals surface area contributed by atoms with Gasteiger partial charge >= 0.3 is 0 Å². The van der Waals surface area contributed by atoms with Gasteiger partial charge < -0.3 is 5.32 Å². The monoisotopic (exact) mass is 317 g/mol. The van der Waals surface area contributed by atoms with E-state index in [1.54, 1.807) is 0 Å². The van der Waals surface area contributed by atoms with E-state index in [2.05, 4.69) is 77.6 Å². The topological polar surface area (TPSA) is 12.0 Å². The van der Waals surface area contributed by atoms with Gasteiger partial charge in [0, 0.05) is 10.5 Å². The van der Waals surface area contributed by atoms with Crippen LogP contribution in [0.5, 0.6) is 0 Å². The summed E-state index contributed by atoms with van der Waals surface area (Å²) in [5.74, 6) is 0. The first-order chi connectivity index (χ1) is 9.16. The third-order valence-electron chi connectivity index (χ3n) is 3.32. The van der Waals surface area contributed by atoms with Crippen molar-refractivity contribution in [2.75, 3.05) is 6.54 Å². The summed E-state index contributed by atoms with van der Waals surface area (Å²) < 4.78 is 1.17. The Hall–Kier alpha value is -1.12. The fraction of sp³-hybridized carbons (Fsp3) is 0.294. The lowest BCUT2D eigenvalue weighted by molar-refractivity contribution is 0.575. The zero-order valence-electron chi connectivity index (χ0n) is 11.5. The molecule has 1 unspecified atom stereocenters. The molecule has 0 aliphatic rings. The van der Waals surface area contributed by atoms with Gasteiger partial charge in [-0.1, -0.05) is 64.0 Å². The number of hydrogen-bond donors (Lipinski definition) is 1. The van der Waals surface area contributed by atoms with Crippen LogP contribution in [0.1, 0.15) is 29.7 Å². The summed E-state index contributed by atoms with van der Waals surface area (Å²) >= 11 is 3.60. The van der Waals surface area contributed by atoms with E-state index in [1.165, 1.54) is 21.2 Å². The van der Waals surface area contributed by atoms with Gasteiger partial charge in [-0.25, -0.2) is 0 Å². The molecule has 19 heavy (non-hydrogen) atoms. The summed E-state index contributed by atoms with van der Waals surface area (Å²) in [6.07, 6.45) is 1.07. The molecular formula is C17H20BrN. The number of hydrogen-bond acceptors (Lipinski definition) is 1. The Labute approximate surface area is 124 Å². The number of halogens is 1. The minimum Gasteiger partial charge on any atom is -0.310 e. The van der Waals surface area contributed by atoms with Crippen molar-refractivity contribution in [3.63, 3.8) is 0 Å². The zero-order valence-corrected chi connectivity index (χ0v) is 13.1. The molecule has 0 bridgehead atoms. The van der Waals surface area contributed by atoms with Crippen molar-refractivity contribution in [2.45, 2.75) is 26.3 Å². The van der Waals surface area contributed by atoms with Gasteiger partial charge in [-0.05, 0) is 44.0 Å². The lowest BCUT2D eigenvalue weighted by atomic mass is 10.1. The Balaban J connectivity index is 1.88. The van der Waals surface area contributed by atoms with Crippen LogP contribution >= 0.6 is 15.9 Å². The second-order valence-electron chi connectivity index (χ2n) is 4.94. The van der Waals surface area contributed by atoms with E-state index in [-0.39, 0.29) is 0 Å². The maximum Gasteiger partial charge on any atom is 0.0303 e. The molecule has 2 aromatic carbocycles. The second kappa shape index (κ2) is 6.88. The lowest BCUT2D eigenvalue weighted by Crippen LogP contribution is -2.21. The van der Waals surface area contributed by atoms with Crippen molar-refractivity contribution < 1.29 is 0 Å². The molecule has 2 aromatic rings. The fourth-order valence-electron chi connectivity index (χ4n) is 2.24. The molecule has 0 saturated heterocycles. The number of nitrogens with one attached hydrogen (secondary N) is 1. The molecule has 1 atom stereocenters. The predicted octanol–water partition coefficient (Wildman–Crippen LogP) is 4.65. The normalized spacial score (nSPS) is 12.4. The summed E-state index contributed by atoms with van der Waals surface area (Å²) in [4.78, 5) is 0. The summed E-state index contributed by atoms with van der Waals surface area (Å²) in [6, 6.07) is 17.5. The maximum absolute atomic E-state index is 3.60. The van der Waals surface area contributed by atoms with Crippen molar-refractivity contribution in [3.05, 3.63) is 69.7 Å². The van der Waals surface area contributed by atoms with Crippen molar-refractivity contribution in [3.8, 4) is 0 Å². The largest absolute Gasteiger partial charge is 0.310 e. The number of rotatable bonds is 5. The first kappa shape index (κ1) is 14.3. The van der Waals surface area contributed by atoms with Gasteiger partial charge in [0.1, 0.15) is 0 Å². The minimum absolute atomic E-state index is 0.361. The van der Waals surface area contributed by atoms with Gasteiger partial charge in [0.05, 0.1) is 0 Å². The molecule has 1 N–H and O–H groups in total. The van der Waals surface area contributed by atoms with Crippen LogP contribution in [0, 0.1) is 6.92 Å². The van der Waals surface area contributed by atoms with Crippen molar-refractivity contribution in [2.24, 2.45) is 0 Å². The van der Waals surface area contributed by atoms with E-state index in [1.807, 2.05) is 6.07 Å². The van der Waals surface area contributed by atoms with E-state index in [0.29, 0.717) is 6.04 Å². The van der Waals surface area contributed by atoms with Gasteiger partial charge in [0.25, 0.3) is 0 Å². The molecule has 2 rings (SSSR count). The molecule has 1 nitrogen and oxygen atoms in total. The molecule has 0 saturated carbocycles. The fourth-order valence-corrected chi connectivity index (χ4v) is 2.87. The average Bonchev–Trinajstić information content (AvgIpc) is 2.39. The molecule has 0 fully saturated rings. The van der Waals surface area contributed by atoms with Crippen LogP contribution in [0.3, 0.4) is 0 Å². The maximum atomic E-state index is 3.60. The summed E-state index contributed by atoms with van der Waals surface area (Å²) in [7, 11) is 0. The lowest BCUT2D eigenvalue weighted by Gasteiger charge is -2.15. The molecule has 0 aromatic heterocycles. The van der Waals surface area contributed by atoms with Gasteiger partial charge in [-0.2, -0.15) is 0 Å². The third kappa shape index (κ3) is 4.19. The van der Waals surface area contributed by atoms with Gasteiger partial charge in [-0.3, -0.25) is 0 Å². The highest BCUT2D eigenvalue weighted by atomic mass is 79.9. The molecular weight excluding hydrogens is 298 g/mol. The van der Waals surface area contributed by atoms with Gasteiger partial charge in [0.2, 0.25) is 0 Å².